The molecule has 3 heterocycles. The average molecular weight is 311 g/mol. The lowest BCUT2D eigenvalue weighted by Gasteiger charge is -2.21. The van der Waals surface area contributed by atoms with E-state index in [1.807, 2.05) is 18.2 Å². The number of carbonyl (C=O) groups excluding carboxylic acids is 1. The Kier molecular flexibility index (Phi) is 3.75. The predicted octanol–water partition coefficient (Wildman–Crippen LogP) is 1.91. The molecule has 0 radical (unpaired) electrons. The van der Waals surface area contributed by atoms with E-state index in [1.54, 1.807) is 0 Å². The van der Waals surface area contributed by atoms with Crippen molar-refractivity contribution >= 4 is 17.3 Å². The standard InChI is InChI=1S/C17H21N5O/c23-17(16-12-11-18-8-7-13(12)20-21-16)19-14-5-1-2-6-15(14)22-9-3-4-10-22/h1-2,5-6,18H,3-4,7-11H2,(H,19,23)(H,20,21). The van der Waals surface area contributed by atoms with Gasteiger partial charge in [0, 0.05) is 43.9 Å². The summed E-state index contributed by atoms with van der Waals surface area (Å²) in [4.78, 5) is 15.0. The van der Waals surface area contributed by atoms with Crippen molar-refractivity contribution in [1.29, 1.82) is 0 Å². The largest absolute Gasteiger partial charge is 0.370 e. The minimum Gasteiger partial charge on any atom is -0.370 e. The number of nitrogens with zero attached hydrogens (tertiary/aromatic N) is 2. The maximum absolute atomic E-state index is 12.7. The van der Waals surface area contributed by atoms with Gasteiger partial charge in [-0.1, -0.05) is 12.1 Å². The van der Waals surface area contributed by atoms with Gasteiger partial charge in [-0.3, -0.25) is 9.89 Å². The topological polar surface area (TPSA) is 73.0 Å². The average Bonchev–Trinajstić information content (AvgIpc) is 3.25. The third kappa shape index (κ3) is 2.70. The summed E-state index contributed by atoms with van der Waals surface area (Å²) < 4.78 is 0. The molecule has 2 aliphatic heterocycles. The maximum atomic E-state index is 12.7. The van der Waals surface area contributed by atoms with Crippen LogP contribution in [0, 0.1) is 0 Å². The third-order valence-electron chi connectivity index (χ3n) is 4.62. The van der Waals surface area contributed by atoms with E-state index in [1.165, 1.54) is 12.8 Å². The number of hydrogen-bond acceptors (Lipinski definition) is 4. The number of para-hydroxylation sites is 2. The Morgan fingerprint density at radius 2 is 2.04 bits per heavy atom. The summed E-state index contributed by atoms with van der Waals surface area (Å²) in [6, 6.07) is 8.01. The SMILES string of the molecule is O=C(Nc1ccccc1N1CCCC1)c1n[nH]c2c1CNCC2. The molecule has 4 rings (SSSR count). The quantitative estimate of drug-likeness (QED) is 0.809. The van der Waals surface area contributed by atoms with Crippen LogP contribution in [0.4, 0.5) is 11.4 Å². The summed E-state index contributed by atoms with van der Waals surface area (Å²) in [7, 11) is 0. The van der Waals surface area contributed by atoms with E-state index in [0.29, 0.717) is 12.2 Å². The summed E-state index contributed by atoms with van der Waals surface area (Å²) in [5.74, 6) is -0.141. The van der Waals surface area contributed by atoms with Crippen LogP contribution in [0.25, 0.3) is 0 Å². The van der Waals surface area contributed by atoms with Gasteiger partial charge in [0.2, 0.25) is 0 Å². The highest BCUT2D eigenvalue weighted by atomic mass is 16.2. The highest BCUT2D eigenvalue weighted by Crippen LogP contribution is 2.29. The Morgan fingerprint density at radius 1 is 1.22 bits per heavy atom. The lowest BCUT2D eigenvalue weighted by Crippen LogP contribution is -2.26. The second-order valence-corrected chi connectivity index (χ2v) is 6.12. The molecule has 3 N–H and O–H groups in total. The van der Waals surface area contributed by atoms with Gasteiger partial charge >= 0.3 is 0 Å². The molecule has 6 nitrogen and oxygen atoms in total. The van der Waals surface area contributed by atoms with Crippen molar-refractivity contribution in [2.45, 2.75) is 25.8 Å². The van der Waals surface area contributed by atoms with E-state index in [4.69, 9.17) is 0 Å². The molecule has 0 unspecified atom stereocenters. The van der Waals surface area contributed by atoms with E-state index in [9.17, 15) is 4.79 Å². The predicted molar refractivity (Wildman–Crippen MR) is 89.8 cm³/mol. The summed E-state index contributed by atoms with van der Waals surface area (Å²) >= 11 is 0. The number of aromatic amines is 1. The van der Waals surface area contributed by atoms with Gasteiger partial charge in [0.25, 0.3) is 5.91 Å². The summed E-state index contributed by atoms with van der Waals surface area (Å²) in [5.41, 5.74) is 4.53. The second-order valence-electron chi connectivity index (χ2n) is 6.12. The van der Waals surface area contributed by atoms with Crippen molar-refractivity contribution in [2.75, 3.05) is 29.9 Å². The normalized spacial score (nSPS) is 17.1. The molecule has 2 aliphatic rings. The Hall–Kier alpha value is -2.34. The van der Waals surface area contributed by atoms with Crippen molar-refractivity contribution in [1.82, 2.24) is 15.5 Å². The summed E-state index contributed by atoms with van der Waals surface area (Å²) in [6.45, 7) is 3.72. The highest BCUT2D eigenvalue weighted by Gasteiger charge is 2.23. The molecule has 120 valence electrons. The molecule has 0 atom stereocenters. The first-order valence-electron chi connectivity index (χ1n) is 8.25. The van der Waals surface area contributed by atoms with Gasteiger partial charge in [-0.25, -0.2) is 0 Å². The van der Waals surface area contributed by atoms with Crippen LogP contribution < -0.4 is 15.5 Å². The van der Waals surface area contributed by atoms with Gasteiger partial charge in [-0.05, 0) is 25.0 Å². The second kappa shape index (κ2) is 6.04. The van der Waals surface area contributed by atoms with Gasteiger partial charge in [0.15, 0.2) is 5.69 Å². The number of H-pyrrole nitrogens is 1. The molecule has 1 saturated heterocycles. The van der Waals surface area contributed by atoms with Crippen LogP contribution in [0.5, 0.6) is 0 Å². The van der Waals surface area contributed by atoms with Gasteiger partial charge in [0.1, 0.15) is 0 Å². The number of benzene rings is 1. The molecule has 1 fully saturated rings. The van der Waals surface area contributed by atoms with Crippen LogP contribution in [0.1, 0.15) is 34.6 Å². The molecule has 1 aromatic heterocycles. The first-order valence-corrected chi connectivity index (χ1v) is 8.25. The molecule has 0 saturated carbocycles. The van der Waals surface area contributed by atoms with Crippen molar-refractivity contribution in [3.8, 4) is 0 Å². The number of rotatable bonds is 3. The fourth-order valence-electron chi connectivity index (χ4n) is 3.41. The lowest BCUT2D eigenvalue weighted by atomic mass is 10.1. The first kappa shape index (κ1) is 14.3. The minimum atomic E-state index is -0.141. The summed E-state index contributed by atoms with van der Waals surface area (Å²) in [6.07, 6.45) is 3.31. The summed E-state index contributed by atoms with van der Waals surface area (Å²) in [5, 5.41) is 13.6. The van der Waals surface area contributed by atoms with Crippen molar-refractivity contribution in [3.63, 3.8) is 0 Å². The molecule has 2 aromatic rings. The molecule has 23 heavy (non-hydrogen) atoms. The zero-order valence-corrected chi connectivity index (χ0v) is 13.1. The molecule has 6 heteroatoms. The monoisotopic (exact) mass is 311 g/mol. The van der Waals surface area contributed by atoms with Crippen LogP contribution in [-0.4, -0.2) is 35.7 Å². The first-order chi connectivity index (χ1) is 11.3. The van der Waals surface area contributed by atoms with E-state index in [2.05, 4.69) is 31.8 Å². The number of nitrogens with one attached hydrogen (secondary N) is 3. The molecule has 1 aromatic carbocycles. The van der Waals surface area contributed by atoms with E-state index >= 15 is 0 Å². The number of amides is 1. The fourth-order valence-corrected chi connectivity index (χ4v) is 3.41. The van der Waals surface area contributed by atoms with Crippen molar-refractivity contribution in [3.05, 3.63) is 41.2 Å². The number of anilines is 2. The van der Waals surface area contributed by atoms with E-state index in [0.717, 1.165) is 48.7 Å². The van der Waals surface area contributed by atoms with Crippen LogP contribution in [0.15, 0.2) is 24.3 Å². The molecule has 1 amide bonds. The molecule has 0 aliphatic carbocycles. The lowest BCUT2D eigenvalue weighted by molar-refractivity contribution is 0.102. The van der Waals surface area contributed by atoms with Gasteiger partial charge in [0.05, 0.1) is 11.4 Å². The van der Waals surface area contributed by atoms with Crippen molar-refractivity contribution in [2.24, 2.45) is 0 Å². The highest BCUT2D eigenvalue weighted by molar-refractivity contribution is 6.05. The zero-order valence-electron chi connectivity index (χ0n) is 13.1. The molecular weight excluding hydrogens is 290 g/mol. The van der Waals surface area contributed by atoms with Gasteiger partial charge in [-0.2, -0.15) is 5.10 Å². The molecule has 0 spiro atoms. The van der Waals surface area contributed by atoms with E-state index < -0.39 is 0 Å². The molecular formula is C17H21N5O. The molecule has 0 bridgehead atoms. The Bertz CT molecular complexity index is 718. The number of hydrogen-bond donors (Lipinski definition) is 3. The Balaban J connectivity index is 1.58. The Labute approximate surface area is 135 Å². The fraction of sp³-hybridized carbons (Fsp3) is 0.412. The Morgan fingerprint density at radius 3 is 2.91 bits per heavy atom. The van der Waals surface area contributed by atoms with Crippen LogP contribution in [-0.2, 0) is 13.0 Å². The third-order valence-corrected chi connectivity index (χ3v) is 4.62. The van der Waals surface area contributed by atoms with Crippen molar-refractivity contribution < 1.29 is 4.79 Å². The maximum Gasteiger partial charge on any atom is 0.276 e. The number of fused-ring (bicyclic) bond motifs is 1. The van der Waals surface area contributed by atoms with Crippen LogP contribution in [0.3, 0.4) is 0 Å². The van der Waals surface area contributed by atoms with E-state index in [-0.39, 0.29) is 5.91 Å². The van der Waals surface area contributed by atoms with Gasteiger partial charge in [-0.15, -0.1) is 0 Å². The van der Waals surface area contributed by atoms with Gasteiger partial charge < -0.3 is 15.5 Å². The minimum absolute atomic E-state index is 0.141. The van der Waals surface area contributed by atoms with Crippen LogP contribution >= 0.6 is 0 Å². The smallest absolute Gasteiger partial charge is 0.276 e. The number of carbonyl (C=O) groups is 1. The number of aromatic nitrogens is 2. The van der Waals surface area contributed by atoms with Crippen LogP contribution in [0.2, 0.25) is 0 Å². The zero-order chi connectivity index (χ0) is 15.6.